The lowest BCUT2D eigenvalue weighted by atomic mass is 9.88. The van der Waals surface area contributed by atoms with Crippen molar-refractivity contribution in [3.63, 3.8) is 0 Å². The molecule has 0 saturated heterocycles. The van der Waals surface area contributed by atoms with E-state index < -0.39 is 6.17 Å². The van der Waals surface area contributed by atoms with Gasteiger partial charge in [0, 0.05) is 15.9 Å². The fraction of sp³-hybridized carbons (Fsp3) is 0.538. The number of benzene rings is 1. The van der Waals surface area contributed by atoms with E-state index in [0.717, 1.165) is 29.3 Å². The Balaban J connectivity index is 2.18. The maximum atomic E-state index is 13.7. The van der Waals surface area contributed by atoms with E-state index in [2.05, 4.69) is 15.9 Å². The third kappa shape index (κ3) is 2.83. The van der Waals surface area contributed by atoms with Crippen molar-refractivity contribution in [1.29, 1.82) is 0 Å². The minimum Gasteiger partial charge on any atom is -0.325 e. The van der Waals surface area contributed by atoms with E-state index in [1.165, 1.54) is 0 Å². The third-order valence-corrected chi connectivity index (χ3v) is 3.84. The van der Waals surface area contributed by atoms with Gasteiger partial charge in [-0.25, -0.2) is 4.39 Å². The number of nitrogens with two attached hydrogens (primary N) is 1. The van der Waals surface area contributed by atoms with Crippen LogP contribution in [0.5, 0.6) is 0 Å². The summed E-state index contributed by atoms with van der Waals surface area (Å²) in [7, 11) is 0. The molecular weight excluding hydrogens is 269 g/mol. The summed E-state index contributed by atoms with van der Waals surface area (Å²) in [4.78, 5) is 0. The molecular formula is C13H17BrFN. The van der Waals surface area contributed by atoms with Crippen LogP contribution in [0.4, 0.5) is 4.39 Å². The number of halogens is 2. The fourth-order valence-electron chi connectivity index (χ4n) is 2.09. The van der Waals surface area contributed by atoms with Crippen molar-refractivity contribution in [2.75, 3.05) is 0 Å². The van der Waals surface area contributed by atoms with E-state index in [4.69, 9.17) is 5.73 Å². The molecule has 0 aromatic heterocycles. The molecule has 2 atom stereocenters. The molecule has 0 bridgehead atoms. The third-order valence-electron chi connectivity index (χ3n) is 3.35. The van der Waals surface area contributed by atoms with Crippen LogP contribution in [0.1, 0.15) is 37.7 Å². The summed E-state index contributed by atoms with van der Waals surface area (Å²) in [6, 6.07) is 7.88. The first kappa shape index (κ1) is 12.1. The van der Waals surface area contributed by atoms with Crippen LogP contribution in [0.25, 0.3) is 0 Å². The molecule has 88 valence electrons. The average Bonchev–Trinajstić information content (AvgIpc) is 2.93. The van der Waals surface area contributed by atoms with Crippen LogP contribution in [0, 0.1) is 0 Å². The molecule has 1 nitrogen and oxygen atoms in total. The van der Waals surface area contributed by atoms with Crippen LogP contribution in [-0.2, 0) is 0 Å². The second-order valence-corrected chi connectivity index (χ2v) is 5.82. The Bertz CT molecular complexity index is 374. The van der Waals surface area contributed by atoms with Crippen LogP contribution >= 0.6 is 15.9 Å². The molecule has 0 amide bonds. The first-order valence-electron chi connectivity index (χ1n) is 5.69. The highest BCUT2D eigenvalue weighted by atomic mass is 79.9. The minimum atomic E-state index is -0.852. The van der Waals surface area contributed by atoms with Gasteiger partial charge in [-0.15, -0.1) is 0 Å². The molecule has 3 heteroatoms. The predicted octanol–water partition coefficient (Wildman–Crippen LogP) is 3.77. The molecule has 1 saturated carbocycles. The van der Waals surface area contributed by atoms with Gasteiger partial charge in [0.1, 0.15) is 6.17 Å². The van der Waals surface area contributed by atoms with Crippen molar-refractivity contribution < 1.29 is 4.39 Å². The highest BCUT2D eigenvalue weighted by molar-refractivity contribution is 9.10. The van der Waals surface area contributed by atoms with Crippen LogP contribution < -0.4 is 5.73 Å². The summed E-state index contributed by atoms with van der Waals surface area (Å²) in [6.45, 7) is 1.62. The molecule has 0 heterocycles. The number of hydrogen-bond acceptors (Lipinski definition) is 1. The fourth-order valence-corrected chi connectivity index (χ4v) is 2.50. The molecule has 2 unspecified atom stereocenters. The summed E-state index contributed by atoms with van der Waals surface area (Å²) in [5.74, 6) is -0.0787. The van der Waals surface area contributed by atoms with Crippen molar-refractivity contribution in [2.24, 2.45) is 5.73 Å². The molecule has 0 spiro atoms. The van der Waals surface area contributed by atoms with Gasteiger partial charge in [-0.05, 0) is 43.9 Å². The number of alkyl halides is 1. The van der Waals surface area contributed by atoms with Gasteiger partial charge in [-0.1, -0.05) is 28.1 Å². The quantitative estimate of drug-likeness (QED) is 0.895. The Morgan fingerprint density at radius 2 is 2.19 bits per heavy atom. The van der Waals surface area contributed by atoms with Crippen LogP contribution in [0.2, 0.25) is 0 Å². The van der Waals surface area contributed by atoms with Crippen molar-refractivity contribution >= 4 is 15.9 Å². The summed E-state index contributed by atoms with van der Waals surface area (Å²) in [6.07, 6.45) is 1.96. The van der Waals surface area contributed by atoms with Crippen LogP contribution in [0.3, 0.4) is 0 Å². The summed E-state index contributed by atoms with van der Waals surface area (Å²) < 4.78 is 14.7. The van der Waals surface area contributed by atoms with Gasteiger partial charge in [-0.3, -0.25) is 0 Å². The zero-order chi connectivity index (χ0) is 11.8. The highest BCUT2D eigenvalue weighted by Crippen LogP contribution is 2.43. The summed E-state index contributed by atoms with van der Waals surface area (Å²) in [5, 5.41) is 0. The SMILES string of the molecule is CC(F)C(CC1(N)CC1)c1cccc(Br)c1. The Hall–Kier alpha value is -0.410. The smallest absolute Gasteiger partial charge is 0.104 e. The molecule has 1 aliphatic carbocycles. The van der Waals surface area contributed by atoms with Crippen LogP contribution in [-0.4, -0.2) is 11.7 Å². The summed E-state index contributed by atoms with van der Waals surface area (Å²) in [5.41, 5.74) is 7.02. The largest absolute Gasteiger partial charge is 0.325 e. The molecule has 1 aromatic carbocycles. The van der Waals surface area contributed by atoms with Gasteiger partial charge in [-0.2, -0.15) is 0 Å². The van der Waals surface area contributed by atoms with Crippen LogP contribution in [0.15, 0.2) is 28.7 Å². The van der Waals surface area contributed by atoms with Gasteiger partial charge in [0.25, 0.3) is 0 Å². The van der Waals surface area contributed by atoms with Gasteiger partial charge in [0.15, 0.2) is 0 Å². The topological polar surface area (TPSA) is 26.0 Å². The normalized spacial score (nSPS) is 21.5. The highest BCUT2D eigenvalue weighted by Gasteiger charge is 2.41. The maximum Gasteiger partial charge on any atom is 0.104 e. The zero-order valence-corrected chi connectivity index (χ0v) is 11.0. The van der Waals surface area contributed by atoms with E-state index in [0.29, 0.717) is 0 Å². The van der Waals surface area contributed by atoms with Gasteiger partial charge in [0.2, 0.25) is 0 Å². The van der Waals surface area contributed by atoms with Crippen molar-refractivity contribution in [3.8, 4) is 0 Å². The van der Waals surface area contributed by atoms with Crippen molar-refractivity contribution in [2.45, 2.75) is 43.8 Å². The van der Waals surface area contributed by atoms with Gasteiger partial charge in [0.05, 0.1) is 0 Å². The lowest BCUT2D eigenvalue weighted by Crippen LogP contribution is -2.27. The first-order valence-corrected chi connectivity index (χ1v) is 6.48. The number of hydrogen-bond donors (Lipinski definition) is 1. The molecule has 2 N–H and O–H groups in total. The molecule has 16 heavy (non-hydrogen) atoms. The number of rotatable bonds is 4. The van der Waals surface area contributed by atoms with Gasteiger partial charge >= 0.3 is 0 Å². The van der Waals surface area contributed by atoms with Crippen molar-refractivity contribution in [1.82, 2.24) is 0 Å². The van der Waals surface area contributed by atoms with E-state index in [1.54, 1.807) is 6.92 Å². The Labute approximate surface area is 104 Å². The zero-order valence-electron chi connectivity index (χ0n) is 9.42. The minimum absolute atomic E-state index is 0.0787. The molecule has 1 aromatic rings. The Morgan fingerprint density at radius 3 is 2.69 bits per heavy atom. The molecule has 0 aliphatic heterocycles. The second-order valence-electron chi connectivity index (χ2n) is 4.91. The summed E-state index contributed by atoms with van der Waals surface area (Å²) >= 11 is 3.42. The first-order chi connectivity index (χ1) is 7.50. The monoisotopic (exact) mass is 285 g/mol. The average molecular weight is 286 g/mol. The molecule has 0 radical (unpaired) electrons. The molecule has 1 aliphatic rings. The standard InChI is InChI=1S/C13H17BrFN/c1-9(15)12(8-13(16)5-6-13)10-3-2-4-11(14)7-10/h2-4,7,9,12H,5-6,8,16H2,1H3. The van der Waals surface area contributed by atoms with Gasteiger partial charge < -0.3 is 5.73 Å². The maximum absolute atomic E-state index is 13.7. The van der Waals surface area contributed by atoms with E-state index in [-0.39, 0.29) is 11.5 Å². The Kier molecular flexibility index (Phi) is 3.36. The van der Waals surface area contributed by atoms with E-state index in [1.807, 2.05) is 24.3 Å². The predicted molar refractivity (Wildman–Crippen MR) is 68.2 cm³/mol. The van der Waals surface area contributed by atoms with Crippen molar-refractivity contribution in [3.05, 3.63) is 34.3 Å². The Morgan fingerprint density at radius 1 is 1.50 bits per heavy atom. The molecule has 1 fully saturated rings. The molecule has 2 rings (SSSR count). The van der Waals surface area contributed by atoms with E-state index in [9.17, 15) is 4.39 Å². The second kappa shape index (κ2) is 4.46. The lowest BCUT2D eigenvalue weighted by Gasteiger charge is -2.22. The lowest BCUT2D eigenvalue weighted by molar-refractivity contribution is 0.281. The van der Waals surface area contributed by atoms with E-state index >= 15 is 0 Å².